The number of amides is 2. The summed E-state index contributed by atoms with van der Waals surface area (Å²) in [5.74, 6) is -0.414. The van der Waals surface area contributed by atoms with Crippen LogP contribution in [0.2, 0.25) is 0 Å². The molecule has 2 rings (SSSR count). The molecule has 0 aliphatic carbocycles. The summed E-state index contributed by atoms with van der Waals surface area (Å²) in [6.45, 7) is 2.31. The van der Waals surface area contributed by atoms with Crippen LogP contribution in [0.5, 0.6) is 0 Å². The van der Waals surface area contributed by atoms with Crippen molar-refractivity contribution in [1.82, 2.24) is 4.90 Å². The molecule has 8 heteroatoms. The van der Waals surface area contributed by atoms with Gasteiger partial charge >= 0.3 is 0 Å². The van der Waals surface area contributed by atoms with E-state index in [-0.39, 0.29) is 36.9 Å². The number of nitrogens with two attached hydrogens (primary N) is 1. The van der Waals surface area contributed by atoms with Gasteiger partial charge in [-0.25, -0.2) is 0 Å². The second-order valence-electron chi connectivity index (χ2n) is 5.76. The normalized spacial score (nSPS) is 19.5. The van der Waals surface area contributed by atoms with Crippen LogP contribution in [0.1, 0.15) is 18.4 Å². The van der Waals surface area contributed by atoms with Gasteiger partial charge in [-0.05, 0) is 43.5 Å². The third-order valence-electron chi connectivity index (χ3n) is 3.87. The zero-order chi connectivity index (χ0) is 17.0. The fraction of sp³-hybridized carbons (Fsp3) is 0.500. The van der Waals surface area contributed by atoms with E-state index in [1.54, 1.807) is 7.05 Å². The number of halogens is 2. The summed E-state index contributed by atoms with van der Waals surface area (Å²) in [6.07, 6.45) is 0.885. The first kappa shape index (κ1) is 20.9. The molecule has 0 saturated carbocycles. The summed E-state index contributed by atoms with van der Waals surface area (Å²) in [6, 6.07) is 5.60. The van der Waals surface area contributed by atoms with Crippen LogP contribution in [0.25, 0.3) is 0 Å². The molecular weight excluding hydrogens is 398 g/mol. The van der Waals surface area contributed by atoms with E-state index >= 15 is 0 Å². The van der Waals surface area contributed by atoms with Crippen molar-refractivity contribution in [1.29, 1.82) is 0 Å². The number of nitrogens with one attached hydrogen (secondary N) is 1. The van der Waals surface area contributed by atoms with Gasteiger partial charge in [0.1, 0.15) is 6.10 Å². The maximum Gasteiger partial charge on any atom is 0.251 e. The van der Waals surface area contributed by atoms with E-state index in [9.17, 15) is 9.59 Å². The van der Waals surface area contributed by atoms with E-state index in [1.165, 1.54) is 4.90 Å². The summed E-state index contributed by atoms with van der Waals surface area (Å²) in [5, 5.41) is 2.82. The van der Waals surface area contributed by atoms with Gasteiger partial charge in [-0.3, -0.25) is 9.59 Å². The van der Waals surface area contributed by atoms with Crippen molar-refractivity contribution in [2.45, 2.75) is 32.0 Å². The summed E-state index contributed by atoms with van der Waals surface area (Å²) in [5.41, 5.74) is 7.23. The maximum atomic E-state index is 12.3. The molecule has 1 fully saturated rings. The van der Waals surface area contributed by atoms with Gasteiger partial charge in [0, 0.05) is 23.8 Å². The van der Waals surface area contributed by atoms with E-state index in [0.717, 1.165) is 22.1 Å². The summed E-state index contributed by atoms with van der Waals surface area (Å²) in [7, 11) is 1.61. The molecule has 1 aliphatic rings. The third-order valence-corrected chi connectivity index (χ3v) is 4.36. The van der Waals surface area contributed by atoms with Gasteiger partial charge < -0.3 is 20.7 Å². The van der Waals surface area contributed by atoms with Gasteiger partial charge in [0.25, 0.3) is 5.91 Å². The Morgan fingerprint density at radius 1 is 1.42 bits per heavy atom. The minimum Gasteiger partial charge on any atom is -0.364 e. The Morgan fingerprint density at radius 2 is 2.12 bits per heavy atom. The van der Waals surface area contributed by atoms with E-state index in [2.05, 4.69) is 21.2 Å². The second kappa shape index (κ2) is 9.36. The standard InChI is InChI=1S/C16H22BrN3O3.ClH/c1-10-7-11(17)3-5-13(10)19-15(21)9-20(2)16(22)14-6-4-12(8-18)23-14;/h3,5,7,12,14H,4,6,8-9,18H2,1-2H3,(H,19,21);1H/t12-,14+;/m1./s1. The van der Waals surface area contributed by atoms with Gasteiger partial charge in [-0.2, -0.15) is 0 Å². The molecule has 1 aliphatic heterocycles. The van der Waals surface area contributed by atoms with Crippen LogP contribution in [-0.2, 0) is 14.3 Å². The molecule has 24 heavy (non-hydrogen) atoms. The minimum absolute atomic E-state index is 0. The first-order valence-corrected chi connectivity index (χ1v) is 8.36. The second-order valence-corrected chi connectivity index (χ2v) is 6.68. The van der Waals surface area contributed by atoms with Crippen LogP contribution >= 0.6 is 28.3 Å². The molecule has 3 N–H and O–H groups in total. The van der Waals surface area contributed by atoms with Crippen molar-refractivity contribution in [2.24, 2.45) is 5.73 Å². The maximum absolute atomic E-state index is 12.3. The number of rotatable bonds is 5. The summed E-state index contributed by atoms with van der Waals surface area (Å²) in [4.78, 5) is 25.8. The first-order chi connectivity index (χ1) is 10.9. The molecule has 2 atom stereocenters. The van der Waals surface area contributed by atoms with Crippen molar-refractivity contribution >= 4 is 45.8 Å². The fourth-order valence-electron chi connectivity index (χ4n) is 2.56. The van der Waals surface area contributed by atoms with Crippen molar-refractivity contribution in [2.75, 3.05) is 25.5 Å². The fourth-order valence-corrected chi connectivity index (χ4v) is 3.03. The number of nitrogens with zero attached hydrogens (tertiary/aromatic N) is 1. The predicted octanol–water partition coefficient (Wildman–Crippen LogP) is 2.08. The van der Waals surface area contributed by atoms with Gasteiger partial charge in [0.05, 0.1) is 12.6 Å². The lowest BCUT2D eigenvalue weighted by atomic mass is 10.2. The SMILES string of the molecule is Cc1cc(Br)ccc1NC(=O)CN(C)C(=O)[C@@H]1CC[C@H](CN)O1.Cl. The topological polar surface area (TPSA) is 84.7 Å². The number of carbonyl (C=O) groups excluding carboxylic acids is 2. The van der Waals surface area contributed by atoms with Gasteiger partial charge in [0.15, 0.2) is 0 Å². The molecule has 1 heterocycles. The van der Waals surface area contributed by atoms with Crippen LogP contribution in [0.15, 0.2) is 22.7 Å². The monoisotopic (exact) mass is 419 g/mol. The molecule has 1 aromatic carbocycles. The summed E-state index contributed by atoms with van der Waals surface area (Å²) < 4.78 is 6.52. The van der Waals surface area contributed by atoms with Crippen molar-refractivity contribution in [3.05, 3.63) is 28.2 Å². The third kappa shape index (κ3) is 5.44. The van der Waals surface area contributed by atoms with Crippen molar-refractivity contribution < 1.29 is 14.3 Å². The highest BCUT2D eigenvalue weighted by molar-refractivity contribution is 9.10. The minimum atomic E-state index is -0.490. The highest BCUT2D eigenvalue weighted by Gasteiger charge is 2.32. The van der Waals surface area contributed by atoms with E-state index < -0.39 is 6.10 Å². The Hall–Kier alpha value is -1.15. The van der Waals surface area contributed by atoms with Crippen LogP contribution in [0.4, 0.5) is 5.69 Å². The Labute approximate surface area is 156 Å². The number of carbonyl (C=O) groups is 2. The highest BCUT2D eigenvalue weighted by atomic mass is 79.9. The van der Waals surface area contributed by atoms with E-state index in [0.29, 0.717) is 13.0 Å². The largest absolute Gasteiger partial charge is 0.364 e. The van der Waals surface area contributed by atoms with Crippen molar-refractivity contribution in [3.63, 3.8) is 0 Å². The lowest BCUT2D eigenvalue weighted by molar-refractivity contribution is -0.143. The van der Waals surface area contributed by atoms with Crippen molar-refractivity contribution in [3.8, 4) is 0 Å². The van der Waals surface area contributed by atoms with Crippen LogP contribution < -0.4 is 11.1 Å². The molecule has 0 spiro atoms. The summed E-state index contributed by atoms with van der Waals surface area (Å²) >= 11 is 3.38. The number of benzene rings is 1. The zero-order valence-electron chi connectivity index (χ0n) is 13.8. The number of aryl methyl sites for hydroxylation is 1. The lowest BCUT2D eigenvalue weighted by Gasteiger charge is -2.21. The quantitative estimate of drug-likeness (QED) is 0.764. The number of likely N-dealkylation sites (N-methyl/N-ethyl adjacent to an activating group) is 1. The Kier molecular flexibility index (Phi) is 8.15. The van der Waals surface area contributed by atoms with Gasteiger partial charge in [0.2, 0.25) is 5.91 Å². The Bertz CT molecular complexity index is 600. The first-order valence-electron chi connectivity index (χ1n) is 7.57. The number of hydrogen-bond donors (Lipinski definition) is 2. The molecular formula is C16H23BrClN3O3. The number of hydrogen-bond acceptors (Lipinski definition) is 4. The molecule has 0 aromatic heterocycles. The predicted molar refractivity (Wildman–Crippen MR) is 99.3 cm³/mol. The molecule has 0 radical (unpaired) electrons. The van der Waals surface area contributed by atoms with Gasteiger partial charge in [-0.15, -0.1) is 12.4 Å². The van der Waals surface area contributed by atoms with Crippen LogP contribution in [0.3, 0.4) is 0 Å². The molecule has 0 unspecified atom stereocenters. The average Bonchev–Trinajstić information content (AvgIpc) is 2.98. The average molecular weight is 421 g/mol. The number of anilines is 1. The van der Waals surface area contributed by atoms with E-state index in [4.69, 9.17) is 10.5 Å². The number of ether oxygens (including phenoxy) is 1. The van der Waals surface area contributed by atoms with Crippen LogP contribution in [-0.4, -0.2) is 49.1 Å². The molecule has 0 bridgehead atoms. The van der Waals surface area contributed by atoms with Crippen LogP contribution in [0, 0.1) is 6.92 Å². The molecule has 134 valence electrons. The molecule has 6 nitrogen and oxygen atoms in total. The highest BCUT2D eigenvalue weighted by Crippen LogP contribution is 2.21. The smallest absolute Gasteiger partial charge is 0.251 e. The Morgan fingerprint density at radius 3 is 2.71 bits per heavy atom. The lowest BCUT2D eigenvalue weighted by Crippen LogP contribution is -2.41. The Balaban J connectivity index is 0.00000288. The zero-order valence-corrected chi connectivity index (χ0v) is 16.2. The van der Waals surface area contributed by atoms with Gasteiger partial charge in [-0.1, -0.05) is 15.9 Å². The molecule has 2 amide bonds. The van der Waals surface area contributed by atoms with E-state index in [1.807, 2.05) is 25.1 Å². The molecule has 1 saturated heterocycles. The molecule has 1 aromatic rings.